The van der Waals surface area contributed by atoms with Gasteiger partial charge in [0.15, 0.2) is 0 Å². The van der Waals surface area contributed by atoms with Crippen molar-refractivity contribution in [1.82, 2.24) is 16.1 Å². The standard InChI is InChI=1S/C22H31F3N6O2S/c1-14(29-20(33)13-22(23,24)25)16-6-4-5-15(11-16)12-19(32)30-18(27)10-9-17(26)7-2-3-8-21(34)31-28/h4-6,9-11,14H,2-3,7-8,12-13,26-28H2,1H3,(H,29,33)(H,30,32)(H,31,34)/b17-9-,18-10+. The number of rotatable bonds is 12. The normalized spacial score (nSPS) is 13.2. The number of nitrogens with two attached hydrogens (primary N) is 3. The number of hydrogen-bond acceptors (Lipinski definition) is 6. The topological polar surface area (TPSA) is 148 Å². The van der Waals surface area contributed by atoms with Crippen LogP contribution >= 0.6 is 12.2 Å². The molecule has 1 unspecified atom stereocenters. The minimum absolute atomic E-state index is 0.0140. The molecule has 0 saturated heterocycles. The van der Waals surface area contributed by atoms with Gasteiger partial charge < -0.3 is 27.5 Å². The molecule has 1 aromatic carbocycles. The van der Waals surface area contributed by atoms with E-state index in [2.05, 4.69) is 16.1 Å². The van der Waals surface area contributed by atoms with Crippen LogP contribution < -0.4 is 33.4 Å². The summed E-state index contributed by atoms with van der Waals surface area (Å²) in [6.45, 7) is 1.56. The lowest BCUT2D eigenvalue weighted by atomic mass is 10.0. The number of amides is 2. The van der Waals surface area contributed by atoms with Crippen LogP contribution in [0.25, 0.3) is 0 Å². The molecule has 1 rings (SSSR count). The summed E-state index contributed by atoms with van der Waals surface area (Å²) in [7, 11) is 0. The Morgan fingerprint density at radius 1 is 1.12 bits per heavy atom. The molecular formula is C22H31F3N6O2S. The largest absolute Gasteiger partial charge is 0.402 e. The van der Waals surface area contributed by atoms with Crippen LogP contribution in [0.1, 0.15) is 56.2 Å². The zero-order valence-corrected chi connectivity index (χ0v) is 19.7. The molecule has 0 fully saturated rings. The van der Waals surface area contributed by atoms with Crippen molar-refractivity contribution in [2.45, 2.75) is 57.7 Å². The zero-order chi connectivity index (χ0) is 25.7. The quantitative estimate of drug-likeness (QED) is 0.0849. The number of halogens is 3. The van der Waals surface area contributed by atoms with Gasteiger partial charge in [-0.1, -0.05) is 36.5 Å². The van der Waals surface area contributed by atoms with E-state index in [1.54, 1.807) is 37.3 Å². The van der Waals surface area contributed by atoms with Crippen LogP contribution in [-0.2, 0) is 16.0 Å². The molecule has 1 aromatic rings. The highest BCUT2D eigenvalue weighted by molar-refractivity contribution is 7.80. The Morgan fingerprint density at radius 2 is 1.79 bits per heavy atom. The number of allylic oxidation sites excluding steroid dienone is 3. The summed E-state index contributed by atoms with van der Waals surface area (Å²) >= 11 is 4.96. The van der Waals surface area contributed by atoms with E-state index in [4.69, 9.17) is 29.5 Å². The number of alkyl halides is 3. The maximum absolute atomic E-state index is 12.3. The van der Waals surface area contributed by atoms with E-state index in [9.17, 15) is 22.8 Å². The molecule has 0 saturated carbocycles. The van der Waals surface area contributed by atoms with E-state index < -0.39 is 24.5 Å². The number of carbonyl (C=O) groups excluding carboxylic acids is 2. The van der Waals surface area contributed by atoms with Gasteiger partial charge in [0, 0.05) is 5.70 Å². The van der Waals surface area contributed by atoms with Gasteiger partial charge in [-0.15, -0.1) is 0 Å². The lowest BCUT2D eigenvalue weighted by Crippen LogP contribution is -2.31. The molecule has 1 atom stereocenters. The molecular weight excluding hydrogens is 469 g/mol. The molecule has 8 nitrogen and oxygen atoms in total. The summed E-state index contributed by atoms with van der Waals surface area (Å²) < 4.78 is 37.0. The molecule has 0 bridgehead atoms. The average Bonchev–Trinajstić information content (AvgIpc) is 2.73. The molecule has 0 aliphatic heterocycles. The number of nitrogens with one attached hydrogen (secondary N) is 3. The predicted octanol–water partition coefficient (Wildman–Crippen LogP) is 2.47. The van der Waals surface area contributed by atoms with Crippen molar-refractivity contribution in [3.63, 3.8) is 0 Å². The summed E-state index contributed by atoms with van der Waals surface area (Å²) in [5.74, 6) is 3.82. The lowest BCUT2D eigenvalue weighted by molar-refractivity contribution is -0.154. The van der Waals surface area contributed by atoms with Gasteiger partial charge in [-0.2, -0.15) is 13.2 Å². The molecule has 2 amide bonds. The molecule has 0 aliphatic carbocycles. The zero-order valence-electron chi connectivity index (χ0n) is 18.9. The predicted molar refractivity (Wildman–Crippen MR) is 128 cm³/mol. The van der Waals surface area contributed by atoms with Crippen molar-refractivity contribution in [2.75, 3.05) is 0 Å². The van der Waals surface area contributed by atoms with Crippen molar-refractivity contribution in [1.29, 1.82) is 0 Å². The molecule has 188 valence electrons. The van der Waals surface area contributed by atoms with Gasteiger partial charge in [0.25, 0.3) is 0 Å². The van der Waals surface area contributed by atoms with Crippen molar-refractivity contribution in [2.24, 2.45) is 17.3 Å². The highest BCUT2D eigenvalue weighted by Gasteiger charge is 2.31. The first kappa shape index (κ1) is 28.9. The van der Waals surface area contributed by atoms with E-state index in [0.717, 1.165) is 12.8 Å². The average molecular weight is 501 g/mol. The number of benzene rings is 1. The number of unbranched alkanes of at least 4 members (excludes halogenated alkanes) is 1. The van der Waals surface area contributed by atoms with Crippen LogP contribution in [0.5, 0.6) is 0 Å². The summed E-state index contributed by atoms with van der Waals surface area (Å²) in [5.41, 5.74) is 15.9. The fourth-order valence-electron chi connectivity index (χ4n) is 2.93. The van der Waals surface area contributed by atoms with Crippen molar-refractivity contribution in [3.8, 4) is 0 Å². The van der Waals surface area contributed by atoms with Crippen molar-refractivity contribution < 1.29 is 22.8 Å². The van der Waals surface area contributed by atoms with Crippen LogP contribution in [0.4, 0.5) is 13.2 Å². The summed E-state index contributed by atoms with van der Waals surface area (Å²) in [6, 6.07) is 5.99. The van der Waals surface area contributed by atoms with Crippen LogP contribution in [0.15, 0.2) is 47.9 Å². The van der Waals surface area contributed by atoms with Crippen LogP contribution in [0.3, 0.4) is 0 Å². The van der Waals surface area contributed by atoms with E-state index in [1.165, 1.54) is 6.08 Å². The first-order valence-corrected chi connectivity index (χ1v) is 11.0. The highest BCUT2D eigenvalue weighted by atomic mass is 32.1. The number of thiocarbonyl (C=S) groups is 1. The Kier molecular flexibility index (Phi) is 12.1. The lowest BCUT2D eigenvalue weighted by Gasteiger charge is -2.16. The van der Waals surface area contributed by atoms with Gasteiger partial charge in [-0.25, -0.2) is 0 Å². The fourth-order valence-corrected chi connectivity index (χ4v) is 3.07. The first-order valence-electron chi connectivity index (χ1n) is 10.6. The number of hydrogen-bond donors (Lipinski definition) is 6. The summed E-state index contributed by atoms with van der Waals surface area (Å²) in [5, 5.41) is 4.84. The number of carbonyl (C=O) groups is 2. The third kappa shape index (κ3) is 12.8. The third-order valence-electron chi connectivity index (χ3n) is 4.60. The monoisotopic (exact) mass is 500 g/mol. The fraction of sp³-hybridized carbons (Fsp3) is 0.409. The highest BCUT2D eigenvalue weighted by Crippen LogP contribution is 2.21. The Hall–Kier alpha value is -3.12. The second-order valence-corrected chi connectivity index (χ2v) is 8.18. The van der Waals surface area contributed by atoms with E-state index in [1.807, 2.05) is 0 Å². The van der Waals surface area contributed by atoms with E-state index in [0.29, 0.717) is 34.7 Å². The Bertz CT molecular complexity index is 918. The van der Waals surface area contributed by atoms with Crippen molar-refractivity contribution >= 4 is 29.0 Å². The molecule has 9 N–H and O–H groups in total. The Labute approximate surface area is 202 Å². The van der Waals surface area contributed by atoms with Gasteiger partial charge in [-0.3, -0.25) is 15.4 Å². The van der Waals surface area contributed by atoms with Gasteiger partial charge in [0.2, 0.25) is 11.8 Å². The second-order valence-electron chi connectivity index (χ2n) is 7.69. The minimum atomic E-state index is -4.58. The molecule has 0 aromatic heterocycles. The summed E-state index contributed by atoms with van der Waals surface area (Å²) in [6.07, 6.45) is -0.0820. The third-order valence-corrected chi connectivity index (χ3v) is 4.92. The molecule has 0 aliphatic rings. The Balaban J connectivity index is 2.56. The van der Waals surface area contributed by atoms with Gasteiger partial charge in [-0.05, 0) is 55.9 Å². The Morgan fingerprint density at radius 3 is 2.44 bits per heavy atom. The smallest absolute Gasteiger partial charge is 0.397 e. The van der Waals surface area contributed by atoms with Crippen LogP contribution in [0.2, 0.25) is 0 Å². The van der Waals surface area contributed by atoms with Crippen molar-refractivity contribution in [3.05, 3.63) is 59.1 Å². The molecule has 0 spiro atoms. The minimum Gasteiger partial charge on any atom is -0.402 e. The molecule has 12 heteroatoms. The van der Waals surface area contributed by atoms with Gasteiger partial charge in [0.05, 0.1) is 17.5 Å². The maximum Gasteiger partial charge on any atom is 0.397 e. The van der Waals surface area contributed by atoms with E-state index in [-0.39, 0.29) is 18.1 Å². The van der Waals surface area contributed by atoms with Gasteiger partial charge in [0.1, 0.15) is 12.2 Å². The SMILES string of the molecule is CC(NC(=O)CC(F)(F)F)c1cccc(CC(=O)N/C(N)=C/C=C(\N)CCCCC(=S)NN)c1. The molecule has 0 heterocycles. The van der Waals surface area contributed by atoms with Crippen LogP contribution in [-0.4, -0.2) is 23.0 Å². The van der Waals surface area contributed by atoms with Gasteiger partial charge >= 0.3 is 6.18 Å². The van der Waals surface area contributed by atoms with E-state index >= 15 is 0 Å². The summed E-state index contributed by atoms with van der Waals surface area (Å²) in [4.78, 5) is 24.4. The number of hydrazine groups is 1. The van der Waals surface area contributed by atoms with Crippen LogP contribution in [0, 0.1) is 0 Å². The maximum atomic E-state index is 12.3. The molecule has 0 radical (unpaired) electrons. The first-order chi connectivity index (χ1) is 15.9. The molecule has 34 heavy (non-hydrogen) atoms. The second kappa shape index (κ2) is 14.2.